The van der Waals surface area contributed by atoms with E-state index in [1.54, 1.807) is 21.2 Å². The Morgan fingerprint density at radius 1 is 1.20 bits per heavy atom. The van der Waals surface area contributed by atoms with Gasteiger partial charge in [0.2, 0.25) is 0 Å². The quantitative estimate of drug-likeness (QED) is 0.606. The molecular formula is C26H35N5O3S. The summed E-state index contributed by atoms with van der Waals surface area (Å²) in [6.07, 6.45) is 0.654. The van der Waals surface area contributed by atoms with Gasteiger partial charge in [-0.15, -0.1) is 11.3 Å². The highest BCUT2D eigenvalue weighted by Gasteiger charge is 2.34. The number of nitrogens with one attached hydrogen (secondary N) is 1. The van der Waals surface area contributed by atoms with E-state index in [0.29, 0.717) is 32.7 Å². The van der Waals surface area contributed by atoms with Crippen LogP contribution in [0.1, 0.15) is 42.3 Å². The molecule has 0 bridgehead atoms. The minimum absolute atomic E-state index is 0.0148. The fraction of sp³-hybridized carbons (Fsp3) is 0.500. The van der Waals surface area contributed by atoms with Crippen LogP contribution in [0, 0.1) is 6.92 Å². The number of thiophene rings is 1. The maximum absolute atomic E-state index is 13.6. The highest BCUT2D eigenvalue weighted by atomic mass is 32.1. The molecule has 0 radical (unpaired) electrons. The summed E-state index contributed by atoms with van der Waals surface area (Å²) >= 11 is 1.62. The molecule has 2 aliphatic heterocycles. The van der Waals surface area contributed by atoms with E-state index in [1.165, 1.54) is 5.56 Å². The molecule has 8 nitrogen and oxygen atoms in total. The van der Waals surface area contributed by atoms with Gasteiger partial charge in [0.05, 0.1) is 29.8 Å². The summed E-state index contributed by atoms with van der Waals surface area (Å²) in [7, 11) is 0. The van der Waals surface area contributed by atoms with Gasteiger partial charge >= 0.3 is 6.03 Å². The summed E-state index contributed by atoms with van der Waals surface area (Å²) in [6.45, 7) is 10.1. The molecular weight excluding hydrogens is 462 g/mol. The van der Waals surface area contributed by atoms with E-state index < -0.39 is 0 Å². The van der Waals surface area contributed by atoms with Crippen LogP contribution in [-0.2, 0) is 9.53 Å². The van der Waals surface area contributed by atoms with Gasteiger partial charge in [-0.25, -0.2) is 9.80 Å². The number of amides is 3. The standard InChI is InChI=1S/C26H35N5O3S/c1-19(2)27-26(33)30(11-10-29-12-14-34-15-13-29)18-25(32)31-23(21-8-6-20(3)7-9-21)17-22(28-31)24-5-4-16-35-24/h4-9,16,19,23H,10-15,17-18H2,1-3H3,(H,27,33)/t23-/m1/s1. The van der Waals surface area contributed by atoms with Gasteiger partial charge in [0.15, 0.2) is 0 Å². The Kier molecular flexibility index (Phi) is 8.54. The lowest BCUT2D eigenvalue weighted by atomic mass is 10.00. The molecule has 1 atom stereocenters. The predicted molar refractivity (Wildman–Crippen MR) is 139 cm³/mol. The molecule has 3 heterocycles. The molecule has 1 aromatic carbocycles. The Bertz CT molecular complexity index is 1020. The van der Waals surface area contributed by atoms with Gasteiger partial charge in [-0.05, 0) is 37.8 Å². The average molecular weight is 498 g/mol. The van der Waals surface area contributed by atoms with Crippen LogP contribution in [0.15, 0.2) is 46.9 Å². The largest absolute Gasteiger partial charge is 0.379 e. The number of carbonyl (C=O) groups is 2. The lowest BCUT2D eigenvalue weighted by molar-refractivity contribution is -0.133. The molecule has 9 heteroatoms. The summed E-state index contributed by atoms with van der Waals surface area (Å²) in [4.78, 5) is 31.6. The fourth-order valence-corrected chi connectivity index (χ4v) is 5.01. The number of morpholine rings is 1. The zero-order valence-electron chi connectivity index (χ0n) is 20.8. The molecule has 2 aliphatic rings. The van der Waals surface area contributed by atoms with Crippen LogP contribution in [0.25, 0.3) is 0 Å². The lowest BCUT2D eigenvalue weighted by Gasteiger charge is -2.31. The number of rotatable bonds is 8. The van der Waals surface area contributed by atoms with Gasteiger partial charge in [0, 0.05) is 38.6 Å². The molecule has 0 saturated carbocycles. The third-order valence-electron chi connectivity index (χ3n) is 6.25. The molecule has 0 spiro atoms. The number of hydrogen-bond acceptors (Lipinski definition) is 6. The average Bonchev–Trinajstić information content (AvgIpc) is 3.52. The van der Waals surface area contributed by atoms with E-state index in [2.05, 4.69) is 41.4 Å². The Morgan fingerprint density at radius 2 is 1.94 bits per heavy atom. The van der Waals surface area contributed by atoms with Crippen molar-refractivity contribution in [2.24, 2.45) is 5.10 Å². The van der Waals surface area contributed by atoms with Crippen LogP contribution < -0.4 is 5.32 Å². The van der Waals surface area contributed by atoms with Gasteiger partial charge in [0.25, 0.3) is 5.91 Å². The monoisotopic (exact) mass is 497 g/mol. The molecule has 188 valence electrons. The number of ether oxygens (including phenoxy) is 1. The molecule has 1 fully saturated rings. The Labute approximate surface area is 211 Å². The van der Waals surface area contributed by atoms with Crippen LogP contribution in [0.4, 0.5) is 4.79 Å². The van der Waals surface area contributed by atoms with Crippen molar-refractivity contribution in [2.45, 2.75) is 39.3 Å². The SMILES string of the molecule is Cc1ccc([C@H]2CC(c3cccs3)=NN2C(=O)CN(CCN2CCOCC2)C(=O)NC(C)C)cc1. The van der Waals surface area contributed by atoms with E-state index in [4.69, 9.17) is 9.84 Å². The topological polar surface area (TPSA) is 77.5 Å². The summed E-state index contributed by atoms with van der Waals surface area (Å²) < 4.78 is 5.43. The van der Waals surface area contributed by atoms with Crippen LogP contribution >= 0.6 is 11.3 Å². The van der Waals surface area contributed by atoms with E-state index in [-0.39, 0.29) is 30.6 Å². The van der Waals surface area contributed by atoms with Crippen molar-refractivity contribution in [3.05, 3.63) is 57.8 Å². The Balaban J connectivity index is 1.52. The number of carbonyl (C=O) groups excluding carboxylic acids is 2. The van der Waals surface area contributed by atoms with Crippen molar-refractivity contribution >= 4 is 29.0 Å². The number of urea groups is 1. The van der Waals surface area contributed by atoms with E-state index in [0.717, 1.165) is 29.2 Å². The molecule has 3 amide bonds. The first kappa shape index (κ1) is 25.3. The van der Waals surface area contributed by atoms with Crippen molar-refractivity contribution < 1.29 is 14.3 Å². The minimum Gasteiger partial charge on any atom is -0.379 e. The van der Waals surface area contributed by atoms with Gasteiger partial charge in [-0.2, -0.15) is 5.10 Å². The second kappa shape index (κ2) is 11.8. The number of aryl methyl sites for hydroxylation is 1. The zero-order chi connectivity index (χ0) is 24.8. The van der Waals surface area contributed by atoms with E-state index >= 15 is 0 Å². The Morgan fingerprint density at radius 3 is 2.60 bits per heavy atom. The van der Waals surface area contributed by atoms with Gasteiger partial charge in [0.1, 0.15) is 6.54 Å². The van der Waals surface area contributed by atoms with Crippen molar-refractivity contribution in [2.75, 3.05) is 45.9 Å². The first-order chi connectivity index (χ1) is 16.9. The molecule has 1 N–H and O–H groups in total. The highest BCUT2D eigenvalue weighted by molar-refractivity contribution is 7.12. The molecule has 35 heavy (non-hydrogen) atoms. The van der Waals surface area contributed by atoms with Crippen molar-refractivity contribution in [3.63, 3.8) is 0 Å². The normalized spacial score (nSPS) is 18.6. The van der Waals surface area contributed by atoms with E-state index in [1.807, 2.05) is 31.4 Å². The molecule has 0 aliphatic carbocycles. The first-order valence-electron chi connectivity index (χ1n) is 12.3. The van der Waals surface area contributed by atoms with Crippen LogP contribution in [0.2, 0.25) is 0 Å². The second-order valence-corrected chi connectivity index (χ2v) is 10.3. The maximum Gasteiger partial charge on any atom is 0.318 e. The summed E-state index contributed by atoms with van der Waals surface area (Å²) in [5.74, 6) is -0.178. The predicted octanol–water partition coefficient (Wildman–Crippen LogP) is 3.49. The third kappa shape index (κ3) is 6.68. The lowest BCUT2D eigenvalue weighted by Crippen LogP contribution is -2.50. The molecule has 1 saturated heterocycles. The van der Waals surface area contributed by atoms with Crippen molar-refractivity contribution in [1.29, 1.82) is 0 Å². The number of hydrogen-bond donors (Lipinski definition) is 1. The highest BCUT2D eigenvalue weighted by Crippen LogP contribution is 2.34. The van der Waals surface area contributed by atoms with Gasteiger partial charge < -0.3 is 15.0 Å². The Hall–Kier alpha value is -2.75. The minimum atomic E-state index is -0.227. The summed E-state index contributed by atoms with van der Waals surface area (Å²) in [6, 6.07) is 11.9. The van der Waals surface area contributed by atoms with Crippen LogP contribution in [-0.4, -0.2) is 84.4 Å². The van der Waals surface area contributed by atoms with Crippen molar-refractivity contribution in [3.8, 4) is 0 Å². The van der Waals surface area contributed by atoms with Crippen LogP contribution in [0.5, 0.6) is 0 Å². The third-order valence-corrected chi connectivity index (χ3v) is 7.17. The zero-order valence-corrected chi connectivity index (χ0v) is 21.6. The number of benzene rings is 1. The molecule has 0 unspecified atom stereocenters. The number of hydrazone groups is 1. The fourth-order valence-electron chi connectivity index (χ4n) is 4.29. The maximum atomic E-state index is 13.6. The van der Waals surface area contributed by atoms with Gasteiger partial charge in [-0.1, -0.05) is 35.9 Å². The number of nitrogens with zero attached hydrogens (tertiary/aromatic N) is 4. The second-order valence-electron chi connectivity index (χ2n) is 9.37. The van der Waals surface area contributed by atoms with Crippen LogP contribution in [0.3, 0.4) is 0 Å². The van der Waals surface area contributed by atoms with Crippen molar-refractivity contribution in [1.82, 2.24) is 20.1 Å². The van der Waals surface area contributed by atoms with E-state index in [9.17, 15) is 9.59 Å². The molecule has 2 aromatic rings. The smallest absolute Gasteiger partial charge is 0.318 e. The molecule has 1 aromatic heterocycles. The van der Waals surface area contributed by atoms with Gasteiger partial charge in [-0.3, -0.25) is 9.69 Å². The first-order valence-corrected chi connectivity index (χ1v) is 13.1. The molecule has 4 rings (SSSR count). The summed E-state index contributed by atoms with van der Waals surface area (Å²) in [5.41, 5.74) is 3.12. The summed E-state index contributed by atoms with van der Waals surface area (Å²) in [5, 5.41) is 11.3.